The molecule has 0 spiro atoms. The third-order valence-corrected chi connectivity index (χ3v) is 3.84. The van der Waals surface area contributed by atoms with Crippen LogP contribution < -0.4 is 5.32 Å². The van der Waals surface area contributed by atoms with Gasteiger partial charge < -0.3 is 10.4 Å². The molecule has 2 N–H and O–H groups in total. The van der Waals surface area contributed by atoms with Gasteiger partial charge >= 0.3 is 0 Å². The number of aromatic nitrogens is 3. The molecule has 0 unspecified atom stereocenters. The molecule has 23 heavy (non-hydrogen) atoms. The number of aliphatic hydroxyl groups excluding tert-OH is 1. The maximum absolute atomic E-state index is 12.2. The van der Waals surface area contributed by atoms with E-state index >= 15 is 0 Å². The molecule has 0 bridgehead atoms. The van der Waals surface area contributed by atoms with Gasteiger partial charge in [-0.3, -0.25) is 4.79 Å². The van der Waals surface area contributed by atoms with Gasteiger partial charge in [-0.25, -0.2) is 0 Å². The van der Waals surface area contributed by atoms with E-state index in [0.717, 1.165) is 30.5 Å². The van der Waals surface area contributed by atoms with Crippen molar-refractivity contribution in [2.75, 3.05) is 6.54 Å². The zero-order chi connectivity index (χ0) is 16.8. The fraction of sp³-hybridized carbons (Fsp3) is 0.471. The van der Waals surface area contributed by atoms with Crippen LogP contribution in [0.25, 0.3) is 5.69 Å². The van der Waals surface area contributed by atoms with Gasteiger partial charge in [-0.15, -0.1) is 10.2 Å². The lowest BCUT2D eigenvalue weighted by molar-refractivity contribution is 0.0944. The molecule has 1 heterocycles. The van der Waals surface area contributed by atoms with E-state index in [1.807, 2.05) is 32.0 Å². The minimum absolute atomic E-state index is 0.183. The summed E-state index contributed by atoms with van der Waals surface area (Å²) >= 11 is 0. The summed E-state index contributed by atoms with van der Waals surface area (Å²) in [5, 5.41) is 20.8. The smallest absolute Gasteiger partial charge is 0.273 e. The van der Waals surface area contributed by atoms with Gasteiger partial charge in [-0.05, 0) is 43.5 Å². The molecule has 0 aliphatic rings. The van der Waals surface area contributed by atoms with Crippen LogP contribution in [0.2, 0.25) is 0 Å². The average Bonchev–Trinajstić information content (AvgIpc) is 2.98. The van der Waals surface area contributed by atoms with E-state index in [4.69, 9.17) is 0 Å². The predicted octanol–water partition coefficient (Wildman–Crippen LogP) is 2.30. The fourth-order valence-electron chi connectivity index (χ4n) is 2.25. The molecule has 1 aromatic carbocycles. The molecule has 0 radical (unpaired) electrons. The first-order chi connectivity index (χ1) is 11.1. The lowest BCUT2D eigenvalue weighted by atomic mass is 10.1. The Morgan fingerprint density at radius 1 is 1.22 bits per heavy atom. The van der Waals surface area contributed by atoms with Gasteiger partial charge in [0.05, 0.1) is 12.3 Å². The van der Waals surface area contributed by atoms with Crippen molar-refractivity contribution in [2.24, 2.45) is 0 Å². The number of unbranched alkanes of at least 4 members (excludes halogenated alkanes) is 2. The van der Waals surface area contributed by atoms with Crippen LogP contribution in [0, 0.1) is 13.8 Å². The summed E-state index contributed by atoms with van der Waals surface area (Å²) in [6.45, 7) is 6.44. The zero-order valence-corrected chi connectivity index (χ0v) is 14.0. The van der Waals surface area contributed by atoms with E-state index in [9.17, 15) is 9.90 Å². The lowest BCUT2D eigenvalue weighted by Crippen LogP contribution is -2.26. The third kappa shape index (κ3) is 4.16. The summed E-state index contributed by atoms with van der Waals surface area (Å²) in [5.41, 5.74) is 3.54. The van der Waals surface area contributed by atoms with Crippen molar-refractivity contribution in [1.82, 2.24) is 20.3 Å². The quantitative estimate of drug-likeness (QED) is 0.768. The number of aliphatic hydroxyl groups is 1. The molecule has 6 nitrogen and oxygen atoms in total. The van der Waals surface area contributed by atoms with E-state index in [0.29, 0.717) is 6.54 Å². The Labute approximate surface area is 136 Å². The van der Waals surface area contributed by atoms with Crippen LogP contribution in [0.3, 0.4) is 0 Å². The summed E-state index contributed by atoms with van der Waals surface area (Å²) in [5.74, 6) is -0.291. The maximum atomic E-state index is 12.2. The van der Waals surface area contributed by atoms with Crippen molar-refractivity contribution in [1.29, 1.82) is 0 Å². The number of nitrogens with one attached hydrogen (secondary N) is 1. The zero-order valence-electron chi connectivity index (χ0n) is 14.0. The number of carbonyl (C=O) groups is 1. The molecule has 2 rings (SSSR count). The van der Waals surface area contributed by atoms with Crippen LogP contribution in [-0.2, 0) is 6.61 Å². The molecule has 2 aromatic rings. The maximum Gasteiger partial charge on any atom is 0.273 e. The molecule has 1 aromatic heterocycles. The van der Waals surface area contributed by atoms with Crippen molar-refractivity contribution >= 4 is 5.91 Å². The van der Waals surface area contributed by atoms with Gasteiger partial charge in [0.25, 0.3) is 5.91 Å². The normalized spacial score (nSPS) is 10.8. The Morgan fingerprint density at radius 2 is 2.00 bits per heavy atom. The number of carbonyl (C=O) groups excluding carboxylic acids is 1. The van der Waals surface area contributed by atoms with Crippen molar-refractivity contribution in [3.63, 3.8) is 0 Å². The minimum Gasteiger partial charge on any atom is -0.390 e. The number of benzene rings is 1. The second-order valence-electron chi connectivity index (χ2n) is 5.67. The first kappa shape index (κ1) is 17.1. The summed E-state index contributed by atoms with van der Waals surface area (Å²) < 4.78 is 0. The number of hydrogen-bond acceptors (Lipinski definition) is 4. The van der Waals surface area contributed by atoms with Crippen molar-refractivity contribution in [2.45, 2.75) is 46.6 Å². The Hall–Kier alpha value is -2.21. The average molecular weight is 316 g/mol. The third-order valence-electron chi connectivity index (χ3n) is 3.84. The predicted molar refractivity (Wildman–Crippen MR) is 88.6 cm³/mol. The highest BCUT2D eigenvalue weighted by atomic mass is 16.3. The Kier molecular flexibility index (Phi) is 5.87. The molecule has 1 amide bonds. The second-order valence-corrected chi connectivity index (χ2v) is 5.67. The van der Waals surface area contributed by atoms with Crippen LogP contribution in [0.5, 0.6) is 0 Å². The minimum atomic E-state index is -0.317. The summed E-state index contributed by atoms with van der Waals surface area (Å²) in [4.78, 5) is 13.6. The number of aryl methyl sites for hydroxylation is 2. The number of amides is 1. The molecule has 0 saturated carbocycles. The van der Waals surface area contributed by atoms with Crippen molar-refractivity contribution < 1.29 is 9.90 Å². The van der Waals surface area contributed by atoms with E-state index in [-0.39, 0.29) is 23.9 Å². The monoisotopic (exact) mass is 316 g/mol. The van der Waals surface area contributed by atoms with Gasteiger partial charge in [0.2, 0.25) is 0 Å². The first-order valence-corrected chi connectivity index (χ1v) is 7.99. The fourth-order valence-corrected chi connectivity index (χ4v) is 2.25. The van der Waals surface area contributed by atoms with E-state index in [1.54, 1.807) is 0 Å². The van der Waals surface area contributed by atoms with Gasteiger partial charge in [0.15, 0.2) is 5.69 Å². The molecule has 0 saturated heterocycles. The Bertz CT molecular complexity index is 679. The van der Waals surface area contributed by atoms with Crippen molar-refractivity contribution in [3.05, 3.63) is 40.7 Å². The molecular formula is C17H24N4O2. The molecular weight excluding hydrogens is 292 g/mol. The summed E-state index contributed by atoms with van der Waals surface area (Å²) in [7, 11) is 0. The Morgan fingerprint density at radius 3 is 2.65 bits per heavy atom. The van der Waals surface area contributed by atoms with Gasteiger partial charge in [0, 0.05) is 6.54 Å². The van der Waals surface area contributed by atoms with Crippen LogP contribution in [0.1, 0.15) is 53.5 Å². The van der Waals surface area contributed by atoms with Gasteiger partial charge in [0.1, 0.15) is 5.69 Å². The number of nitrogens with zero attached hydrogens (tertiary/aromatic N) is 3. The Balaban J connectivity index is 2.19. The van der Waals surface area contributed by atoms with Crippen molar-refractivity contribution in [3.8, 4) is 5.69 Å². The molecule has 0 aliphatic heterocycles. The van der Waals surface area contributed by atoms with Gasteiger partial charge in [-0.2, -0.15) is 4.80 Å². The summed E-state index contributed by atoms with van der Waals surface area (Å²) in [6.07, 6.45) is 3.10. The van der Waals surface area contributed by atoms with E-state index in [2.05, 4.69) is 22.4 Å². The molecule has 0 atom stereocenters. The highest BCUT2D eigenvalue weighted by molar-refractivity contribution is 5.93. The summed E-state index contributed by atoms with van der Waals surface area (Å²) in [6, 6.07) is 5.84. The van der Waals surface area contributed by atoms with Crippen LogP contribution >= 0.6 is 0 Å². The number of rotatable bonds is 7. The highest BCUT2D eigenvalue weighted by Crippen LogP contribution is 2.14. The van der Waals surface area contributed by atoms with E-state index < -0.39 is 0 Å². The molecule has 0 aliphatic carbocycles. The molecule has 6 heteroatoms. The second kappa shape index (κ2) is 7.87. The SMILES string of the molecule is CCCCCNC(=O)c1nn(-c2ccc(C)c(C)c2)nc1CO. The van der Waals surface area contributed by atoms with Gasteiger partial charge in [-0.1, -0.05) is 25.8 Å². The first-order valence-electron chi connectivity index (χ1n) is 7.99. The molecule has 124 valence electrons. The standard InChI is InChI=1S/C17H24N4O2/c1-4-5-6-9-18-17(23)16-15(11-22)19-21(20-16)14-8-7-12(2)13(3)10-14/h7-8,10,22H,4-6,9,11H2,1-3H3,(H,18,23). The van der Waals surface area contributed by atoms with Crippen LogP contribution in [0.4, 0.5) is 0 Å². The highest BCUT2D eigenvalue weighted by Gasteiger charge is 2.18. The lowest BCUT2D eigenvalue weighted by Gasteiger charge is -2.04. The van der Waals surface area contributed by atoms with Crippen LogP contribution in [0.15, 0.2) is 18.2 Å². The topological polar surface area (TPSA) is 80.0 Å². The van der Waals surface area contributed by atoms with E-state index in [1.165, 1.54) is 10.4 Å². The molecule has 0 fully saturated rings. The largest absolute Gasteiger partial charge is 0.390 e. The van der Waals surface area contributed by atoms with Crippen LogP contribution in [-0.4, -0.2) is 32.6 Å². The number of hydrogen-bond donors (Lipinski definition) is 2.